The maximum Gasteiger partial charge on any atom is 0.195 e. The summed E-state index contributed by atoms with van der Waals surface area (Å²) in [7, 11) is 0. The molecule has 1 aromatic heterocycles. The van der Waals surface area contributed by atoms with Crippen molar-refractivity contribution in [2.75, 3.05) is 18.0 Å². The second-order valence-corrected chi connectivity index (χ2v) is 9.57. The van der Waals surface area contributed by atoms with E-state index in [2.05, 4.69) is 33.0 Å². The van der Waals surface area contributed by atoms with E-state index in [0.717, 1.165) is 31.6 Å². The molecule has 2 heterocycles. The summed E-state index contributed by atoms with van der Waals surface area (Å²) in [5.41, 5.74) is 1.81. The topological polar surface area (TPSA) is 70.0 Å². The van der Waals surface area contributed by atoms with E-state index < -0.39 is 17.1 Å². The fourth-order valence-corrected chi connectivity index (χ4v) is 4.72. The van der Waals surface area contributed by atoms with E-state index in [0.29, 0.717) is 34.5 Å². The van der Waals surface area contributed by atoms with Crippen molar-refractivity contribution in [3.8, 4) is 35.1 Å². The number of fused-ring (bicyclic) bond motifs is 1. The van der Waals surface area contributed by atoms with Gasteiger partial charge in [0.1, 0.15) is 11.6 Å². The van der Waals surface area contributed by atoms with Crippen LogP contribution in [0.15, 0.2) is 75.7 Å². The minimum atomic E-state index is -0.593. The van der Waals surface area contributed by atoms with E-state index >= 15 is 4.39 Å². The van der Waals surface area contributed by atoms with Crippen LogP contribution in [0.5, 0.6) is 11.5 Å². The first kappa shape index (κ1) is 26.1. The molecule has 0 atom stereocenters. The van der Waals surface area contributed by atoms with Crippen LogP contribution in [0.4, 0.5) is 14.5 Å². The van der Waals surface area contributed by atoms with Crippen molar-refractivity contribution in [1.29, 1.82) is 0 Å². The van der Waals surface area contributed by atoms with Crippen LogP contribution in [0.2, 0.25) is 0 Å². The molecule has 0 bridgehead atoms. The van der Waals surface area contributed by atoms with Gasteiger partial charge >= 0.3 is 0 Å². The summed E-state index contributed by atoms with van der Waals surface area (Å²) in [6, 6.07) is 16.3. The summed E-state index contributed by atoms with van der Waals surface area (Å²) in [4.78, 5) is 18.1. The van der Waals surface area contributed by atoms with Crippen molar-refractivity contribution in [2.45, 2.75) is 38.8 Å². The molecule has 0 fully saturated rings. The maximum atomic E-state index is 15.1. The van der Waals surface area contributed by atoms with Gasteiger partial charge in [0, 0.05) is 49.2 Å². The third kappa shape index (κ3) is 5.39. The number of anilines is 1. The lowest BCUT2D eigenvalue weighted by Gasteiger charge is -2.24. The number of ether oxygens (including phenoxy) is 1. The molecule has 39 heavy (non-hydrogen) atoms. The Hall–Kier alpha value is -4.51. The molecule has 4 aromatic rings. The van der Waals surface area contributed by atoms with E-state index in [1.54, 1.807) is 31.2 Å². The molecular weight excluding hydrogens is 498 g/mol. The SMILES string of the molecule is C#CCCC1(CCN(CC)c2ccc(Oc3ccc(-c4[nH]c5cccc(F)c5c(=O)c4C)cc3F)cc2)N=N1. The van der Waals surface area contributed by atoms with Gasteiger partial charge < -0.3 is 14.6 Å². The number of terminal acetylenes is 1. The first-order chi connectivity index (χ1) is 18.8. The molecule has 0 spiro atoms. The number of hydrogen-bond acceptors (Lipinski definition) is 5. The smallest absolute Gasteiger partial charge is 0.195 e. The molecular formula is C31H28F2N4O2. The summed E-state index contributed by atoms with van der Waals surface area (Å²) in [5.74, 6) is 2.02. The average molecular weight is 527 g/mol. The van der Waals surface area contributed by atoms with Crippen molar-refractivity contribution in [2.24, 2.45) is 10.2 Å². The fourth-order valence-electron chi connectivity index (χ4n) is 4.72. The lowest BCUT2D eigenvalue weighted by Crippen LogP contribution is -2.28. The Labute approximate surface area is 225 Å². The van der Waals surface area contributed by atoms with E-state index in [9.17, 15) is 9.18 Å². The molecule has 198 valence electrons. The van der Waals surface area contributed by atoms with Gasteiger partial charge in [0.25, 0.3) is 0 Å². The summed E-state index contributed by atoms with van der Waals surface area (Å²) in [6.45, 7) is 5.27. The molecule has 1 aliphatic rings. The molecule has 1 N–H and O–H groups in total. The standard InChI is InChI=1S/C31H28F2N4O2/c1-4-6-16-31(35-36-31)17-18-37(5-2)22-11-13-23(14-12-22)39-27-15-10-21(19-25(27)33)29-20(3)30(38)28-24(32)8-7-9-26(28)34-29/h1,7-15,19H,5-6,16-18H2,2-3H3,(H,34,38). The Morgan fingerprint density at radius 3 is 2.49 bits per heavy atom. The first-order valence-corrected chi connectivity index (χ1v) is 12.9. The van der Waals surface area contributed by atoms with E-state index in [-0.39, 0.29) is 16.8 Å². The van der Waals surface area contributed by atoms with Crippen LogP contribution in [-0.4, -0.2) is 23.7 Å². The highest BCUT2D eigenvalue weighted by atomic mass is 19.1. The van der Waals surface area contributed by atoms with Crippen molar-refractivity contribution < 1.29 is 13.5 Å². The number of pyridine rings is 1. The normalized spacial score (nSPS) is 13.3. The number of aromatic amines is 1. The second-order valence-electron chi connectivity index (χ2n) is 9.57. The molecule has 1 aliphatic heterocycles. The third-order valence-electron chi connectivity index (χ3n) is 7.08. The molecule has 0 radical (unpaired) electrons. The molecule has 0 aliphatic carbocycles. The van der Waals surface area contributed by atoms with Gasteiger partial charge in [0.2, 0.25) is 0 Å². The highest BCUT2D eigenvalue weighted by molar-refractivity contribution is 5.83. The van der Waals surface area contributed by atoms with Crippen LogP contribution in [0, 0.1) is 30.9 Å². The molecule has 0 unspecified atom stereocenters. The Morgan fingerprint density at radius 2 is 1.82 bits per heavy atom. The lowest BCUT2D eigenvalue weighted by atomic mass is 10.0. The van der Waals surface area contributed by atoms with Crippen LogP contribution in [0.25, 0.3) is 22.2 Å². The van der Waals surface area contributed by atoms with E-state index in [1.165, 1.54) is 24.3 Å². The summed E-state index contributed by atoms with van der Waals surface area (Å²) < 4.78 is 35.1. The number of benzene rings is 3. The number of aromatic nitrogens is 1. The van der Waals surface area contributed by atoms with E-state index in [4.69, 9.17) is 11.2 Å². The van der Waals surface area contributed by atoms with Crippen molar-refractivity contribution in [3.63, 3.8) is 0 Å². The van der Waals surface area contributed by atoms with Gasteiger partial charge in [-0.1, -0.05) is 6.07 Å². The zero-order valence-electron chi connectivity index (χ0n) is 21.8. The number of hydrogen-bond donors (Lipinski definition) is 1. The van der Waals surface area contributed by atoms with Gasteiger partial charge in [0.05, 0.1) is 16.6 Å². The van der Waals surface area contributed by atoms with Crippen LogP contribution in [-0.2, 0) is 0 Å². The quantitative estimate of drug-likeness (QED) is 0.219. The van der Waals surface area contributed by atoms with Crippen molar-refractivity contribution in [3.05, 3.63) is 88.1 Å². The van der Waals surface area contributed by atoms with Crippen LogP contribution < -0.4 is 15.1 Å². The highest BCUT2D eigenvalue weighted by Gasteiger charge is 2.39. The minimum absolute atomic E-state index is 0.00907. The monoisotopic (exact) mass is 526 g/mol. The second kappa shape index (κ2) is 10.7. The van der Waals surface area contributed by atoms with Crippen LogP contribution >= 0.6 is 0 Å². The summed E-state index contributed by atoms with van der Waals surface area (Å²) >= 11 is 0. The zero-order valence-corrected chi connectivity index (χ0v) is 21.8. The Kier molecular flexibility index (Phi) is 7.16. The number of nitrogens with one attached hydrogen (secondary N) is 1. The number of halogens is 2. The average Bonchev–Trinajstić information content (AvgIpc) is 3.71. The Bertz CT molecular complexity index is 1650. The highest BCUT2D eigenvalue weighted by Crippen LogP contribution is 2.37. The summed E-state index contributed by atoms with van der Waals surface area (Å²) in [5, 5.41) is 8.40. The van der Waals surface area contributed by atoms with Gasteiger partial charge in [-0.3, -0.25) is 4.79 Å². The van der Waals surface area contributed by atoms with Gasteiger partial charge in [-0.05, 0) is 68.4 Å². The fraction of sp³-hybridized carbons (Fsp3) is 0.258. The minimum Gasteiger partial charge on any atom is -0.454 e. The van der Waals surface area contributed by atoms with Crippen molar-refractivity contribution >= 4 is 16.6 Å². The molecule has 0 amide bonds. The molecule has 0 saturated carbocycles. The van der Waals surface area contributed by atoms with Gasteiger partial charge in [-0.2, -0.15) is 10.2 Å². The van der Waals surface area contributed by atoms with E-state index in [1.807, 2.05) is 12.1 Å². The molecule has 6 nitrogen and oxygen atoms in total. The third-order valence-corrected chi connectivity index (χ3v) is 7.08. The number of H-pyrrole nitrogens is 1. The Balaban J connectivity index is 1.30. The predicted octanol–water partition coefficient (Wildman–Crippen LogP) is 7.37. The first-order valence-electron chi connectivity index (χ1n) is 12.9. The Morgan fingerprint density at radius 1 is 1.05 bits per heavy atom. The van der Waals surface area contributed by atoms with Gasteiger partial charge in [-0.15, -0.1) is 12.3 Å². The summed E-state index contributed by atoms with van der Waals surface area (Å²) in [6.07, 6.45) is 7.61. The maximum absolute atomic E-state index is 15.1. The largest absolute Gasteiger partial charge is 0.454 e. The molecule has 8 heteroatoms. The molecule has 5 rings (SSSR count). The lowest BCUT2D eigenvalue weighted by molar-refractivity contribution is 0.442. The van der Waals surface area contributed by atoms with Crippen LogP contribution in [0.3, 0.4) is 0 Å². The molecule has 0 saturated heterocycles. The predicted molar refractivity (Wildman–Crippen MR) is 149 cm³/mol. The number of nitrogens with zero attached hydrogens (tertiary/aromatic N) is 3. The van der Waals surface area contributed by atoms with Gasteiger partial charge in [0.15, 0.2) is 22.7 Å². The van der Waals surface area contributed by atoms with Crippen molar-refractivity contribution in [1.82, 2.24) is 4.98 Å². The van der Waals surface area contributed by atoms with Gasteiger partial charge in [-0.25, -0.2) is 8.78 Å². The van der Waals surface area contributed by atoms with Crippen LogP contribution in [0.1, 0.15) is 31.7 Å². The zero-order chi connectivity index (χ0) is 27.6. The number of rotatable bonds is 10. The molecule has 3 aromatic carbocycles.